The molecule has 0 fully saturated rings. The Balaban J connectivity index is 1.15. The summed E-state index contributed by atoms with van der Waals surface area (Å²) in [4.78, 5) is 16.3. The highest BCUT2D eigenvalue weighted by atomic mass is 15.3. The highest BCUT2D eigenvalue weighted by molar-refractivity contribution is 6.11. The summed E-state index contributed by atoms with van der Waals surface area (Å²) in [5, 5.41) is 4.53. The Bertz CT molecular complexity index is 3470. The first kappa shape index (κ1) is 35.5. The minimum atomic E-state index is 0.539. The van der Waals surface area contributed by atoms with Crippen LogP contribution in [0.3, 0.4) is 0 Å². The lowest BCUT2D eigenvalue weighted by Gasteiger charge is -2.14. The highest BCUT2D eigenvalue weighted by Gasteiger charge is 2.22. The van der Waals surface area contributed by atoms with Crippen LogP contribution in [0.15, 0.2) is 224 Å². The quantitative estimate of drug-likeness (QED) is 0.162. The maximum absolute atomic E-state index is 5.49. The van der Waals surface area contributed by atoms with Gasteiger partial charge < -0.3 is 0 Å². The van der Waals surface area contributed by atoms with Crippen molar-refractivity contribution < 1.29 is 0 Å². The molecule has 3 heterocycles. The fourth-order valence-electron chi connectivity index (χ4n) is 9.11. The molecule has 62 heavy (non-hydrogen) atoms. The Hall–Kier alpha value is -8.41. The van der Waals surface area contributed by atoms with E-state index in [1.54, 1.807) is 0 Å². The van der Waals surface area contributed by atoms with Gasteiger partial charge in [0.05, 0.1) is 22.1 Å². The molecule has 0 N–H and O–H groups in total. The minimum Gasteiger partial charge on any atom is -0.278 e. The average molecular weight is 792 g/mol. The molecule has 9 aromatic carbocycles. The van der Waals surface area contributed by atoms with Gasteiger partial charge in [0.1, 0.15) is 0 Å². The SMILES string of the molecule is c1ccc(-c2ccc3c4ccc(-c5ccccc5)cc4n(-c4nc(-c5cccc(-c6ccccc6-c6ccccc6)c5)nc(-n5c6ccccc6c6ccccc65)n4)c3c2)cc1. The van der Waals surface area contributed by atoms with Crippen molar-refractivity contribution in [1.82, 2.24) is 24.1 Å². The molecule has 0 bridgehead atoms. The summed E-state index contributed by atoms with van der Waals surface area (Å²) in [6.07, 6.45) is 0. The summed E-state index contributed by atoms with van der Waals surface area (Å²) in [5.74, 6) is 1.67. The largest absolute Gasteiger partial charge is 0.278 e. The van der Waals surface area contributed by atoms with Crippen LogP contribution in [-0.4, -0.2) is 24.1 Å². The lowest BCUT2D eigenvalue weighted by molar-refractivity contribution is 0.893. The molecule has 0 aliphatic rings. The van der Waals surface area contributed by atoms with Gasteiger partial charge in [-0.3, -0.25) is 9.13 Å². The van der Waals surface area contributed by atoms with Gasteiger partial charge in [-0.25, -0.2) is 0 Å². The normalized spacial score (nSPS) is 11.5. The van der Waals surface area contributed by atoms with Crippen LogP contribution >= 0.6 is 0 Å². The van der Waals surface area contributed by atoms with Crippen LogP contribution in [0.25, 0.3) is 111 Å². The van der Waals surface area contributed by atoms with E-state index in [2.05, 4.69) is 234 Å². The van der Waals surface area contributed by atoms with Crippen molar-refractivity contribution in [3.63, 3.8) is 0 Å². The van der Waals surface area contributed by atoms with Gasteiger partial charge >= 0.3 is 0 Å². The first-order valence-corrected chi connectivity index (χ1v) is 20.9. The molecule has 0 saturated carbocycles. The number of para-hydroxylation sites is 2. The number of nitrogens with zero attached hydrogens (tertiary/aromatic N) is 5. The van der Waals surface area contributed by atoms with E-state index in [1.807, 2.05) is 0 Å². The second-order valence-corrected chi connectivity index (χ2v) is 15.7. The second kappa shape index (κ2) is 14.7. The van der Waals surface area contributed by atoms with Gasteiger partial charge in [-0.05, 0) is 74.8 Å². The zero-order valence-corrected chi connectivity index (χ0v) is 33.6. The molecular weight excluding hydrogens is 755 g/mol. The Labute approximate surface area is 358 Å². The van der Waals surface area contributed by atoms with Crippen LogP contribution in [0.1, 0.15) is 0 Å². The van der Waals surface area contributed by atoms with Gasteiger partial charge in [0, 0.05) is 27.1 Å². The van der Waals surface area contributed by atoms with Gasteiger partial charge in [0.2, 0.25) is 11.9 Å². The van der Waals surface area contributed by atoms with Crippen molar-refractivity contribution in [1.29, 1.82) is 0 Å². The second-order valence-electron chi connectivity index (χ2n) is 15.7. The fourth-order valence-corrected chi connectivity index (χ4v) is 9.11. The van der Waals surface area contributed by atoms with Crippen molar-refractivity contribution in [3.05, 3.63) is 224 Å². The first-order chi connectivity index (χ1) is 30.7. The summed E-state index contributed by atoms with van der Waals surface area (Å²) in [6.45, 7) is 0. The molecule has 0 spiro atoms. The molecule has 0 aliphatic heterocycles. The van der Waals surface area contributed by atoms with Crippen molar-refractivity contribution in [3.8, 4) is 67.8 Å². The summed E-state index contributed by atoms with van der Waals surface area (Å²) in [5.41, 5.74) is 14.1. The molecule has 290 valence electrons. The van der Waals surface area contributed by atoms with Crippen molar-refractivity contribution in [2.24, 2.45) is 0 Å². The molecule has 5 heteroatoms. The Morgan fingerprint density at radius 3 is 1.19 bits per heavy atom. The maximum atomic E-state index is 5.49. The van der Waals surface area contributed by atoms with Crippen molar-refractivity contribution >= 4 is 43.6 Å². The Morgan fingerprint density at radius 2 is 0.645 bits per heavy atom. The molecule has 0 radical (unpaired) electrons. The van der Waals surface area contributed by atoms with E-state index in [-0.39, 0.29) is 0 Å². The van der Waals surface area contributed by atoms with Gasteiger partial charge in [0.15, 0.2) is 5.82 Å². The molecule has 0 saturated heterocycles. The van der Waals surface area contributed by atoms with Crippen LogP contribution in [0.5, 0.6) is 0 Å². The zero-order chi connectivity index (χ0) is 41.0. The number of hydrogen-bond donors (Lipinski definition) is 0. The molecule has 0 amide bonds. The number of aromatic nitrogens is 5. The van der Waals surface area contributed by atoms with E-state index in [0.29, 0.717) is 17.7 Å². The lowest BCUT2D eigenvalue weighted by Crippen LogP contribution is -2.10. The monoisotopic (exact) mass is 791 g/mol. The van der Waals surface area contributed by atoms with Crippen LogP contribution < -0.4 is 0 Å². The first-order valence-electron chi connectivity index (χ1n) is 20.9. The fraction of sp³-hybridized carbons (Fsp3) is 0. The molecule has 5 nitrogen and oxygen atoms in total. The van der Waals surface area contributed by atoms with E-state index in [4.69, 9.17) is 15.0 Å². The van der Waals surface area contributed by atoms with E-state index >= 15 is 0 Å². The summed E-state index contributed by atoms with van der Waals surface area (Å²) < 4.78 is 4.42. The predicted octanol–water partition coefficient (Wildman–Crippen LogP) is 14.4. The minimum absolute atomic E-state index is 0.539. The van der Waals surface area contributed by atoms with Crippen molar-refractivity contribution in [2.75, 3.05) is 0 Å². The molecule has 0 atom stereocenters. The molecule has 3 aromatic heterocycles. The molecule has 12 aromatic rings. The molecule has 12 rings (SSSR count). The standard InChI is InChI=1S/C57H37N5/c1-4-17-38(18-5-1)41-31-33-49-50-34-32-42(39-19-6-2-7-20-39)37-54(50)62(53(49)36-41)57-59-55(58-56(60-57)61-51-29-14-12-27-47(51)48-28-13-15-30-52(48)61)44-24-16-23-43(35-44)46-26-11-10-25-45(46)40-21-8-3-9-22-40/h1-37H. The van der Waals surface area contributed by atoms with E-state index in [1.165, 1.54) is 11.1 Å². The van der Waals surface area contributed by atoms with Crippen LogP contribution in [0, 0.1) is 0 Å². The number of rotatable bonds is 7. The van der Waals surface area contributed by atoms with Gasteiger partial charge in [-0.2, -0.15) is 15.0 Å². The number of benzene rings is 9. The van der Waals surface area contributed by atoms with Crippen LogP contribution in [-0.2, 0) is 0 Å². The third-order valence-electron chi connectivity index (χ3n) is 12.0. The van der Waals surface area contributed by atoms with Crippen LogP contribution in [0.4, 0.5) is 0 Å². The smallest absolute Gasteiger partial charge is 0.240 e. The lowest BCUT2D eigenvalue weighted by atomic mass is 9.94. The third kappa shape index (κ3) is 5.98. The molecular formula is C57H37N5. The summed E-state index contributed by atoms with van der Waals surface area (Å²) in [6, 6.07) is 79.3. The zero-order valence-electron chi connectivity index (χ0n) is 33.6. The van der Waals surface area contributed by atoms with Crippen LogP contribution in [0.2, 0.25) is 0 Å². The average Bonchev–Trinajstić information content (AvgIpc) is 3.87. The summed E-state index contributed by atoms with van der Waals surface area (Å²) >= 11 is 0. The van der Waals surface area contributed by atoms with Gasteiger partial charge in [-0.15, -0.1) is 0 Å². The topological polar surface area (TPSA) is 48.5 Å². The Morgan fingerprint density at radius 1 is 0.242 bits per heavy atom. The van der Waals surface area contributed by atoms with Gasteiger partial charge in [-0.1, -0.05) is 194 Å². The van der Waals surface area contributed by atoms with Gasteiger partial charge in [0.25, 0.3) is 0 Å². The van der Waals surface area contributed by atoms with E-state index in [0.717, 1.165) is 82.6 Å². The van der Waals surface area contributed by atoms with E-state index in [9.17, 15) is 0 Å². The third-order valence-corrected chi connectivity index (χ3v) is 12.0. The predicted molar refractivity (Wildman–Crippen MR) is 256 cm³/mol. The Kier molecular flexibility index (Phi) is 8.42. The molecule has 0 aliphatic carbocycles. The number of fused-ring (bicyclic) bond motifs is 6. The van der Waals surface area contributed by atoms with E-state index < -0.39 is 0 Å². The number of hydrogen-bond acceptors (Lipinski definition) is 3. The van der Waals surface area contributed by atoms with Crippen molar-refractivity contribution in [2.45, 2.75) is 0 Å². The summed E-state index contributed by atoms with van der Waals surface area (Å²) in [7, 11) is 0. The maximum Gasteiger partial charge on any atom is 0.240 e. The molecule has 0 unspecified atom stereocenters. The highest BCUT2D eigenvalue weighted by Crippen LogP contribution is 2.39.